The first-order valence-corrected chi connectivity index (χ1v) is 6.73. The Morgan fingerprint density at radius 1 is 1.35 bits per heavy atom. The van der Waals surface area contributed by atoms with Gasteiger partial charge in [-0.1, -0.05) is 6.07 Å². The molecule has 0 unspecified atom stereocenters. The summed E-state index contributed by atoms with van der Waals surface area (Å²) in [6.07, 6.45) is 0. The third-order valence-corrected chi connectivity index (χ3v) is 3.75. The lowest BCUT2D eigenvalue weighted by molar-refractivity contribution is 0.416. The maximum Gasteiger partial charge on any atom is 0.129 e. The molecule has 0 aliphatic carbocycles. The summed E-state index contributed by atoms with van der Waals surface area (Å²) in [5.41, 5.74) is 4.35. The summed E-state index contributed by atoms with van der Waals surface area (Å²) in [6, 6.07) is 4.17. The van der Waals surface area contributed by atoms with Crippen molar-refractivity contribution in [1.82, 2.24) is 4.98 Å². The average molecular weight is 268 g/mol. The van der Waals surface area contributed by atoms with Crippen molar-refractivity contribution < 1.29 is 4.74 Å². The van der Waals surface area contributed by atoms with E-state index in [4.69, 9.17) is 16.3 Å². The molecule has 0 aliphatic heterocycles. The quantitative estimate of drug-likeness (QED) is 0.779. The predicted molar refractivity (Wildman–Crippen MR) is 73.1 cm³/mol. The van der Waals surface area contributed by atoms with E-state index >= 15 is 0 Å². The minimum absolute atomic E-state index is 0.448. The Morgan fingerprint density at radius 3 is 2.71 bits per heavy atom. The molecule has 90 valence electrons. The summed E-state index contributed by atoms with van der Waals surface area (Å²) in [6.45, 7) is 4.14. The zero-order valence-corrected chi connectivity index (χ0v) is 11.7. The van der Waals surface area contributed by atoms with Crippen LogP contribution in [0.1, 0.15) is 16.8 Å². The Morgan fingerprint density at radius 2 is 2.12 bits per heavy atom. The molecule has 2 aromatic rings. The van der Waals surface area contributed by atoms with Crippen molar-refractivity contribution in [1.29, 1.82) is 0 Å². The van der Waals surface area contributed by atoms with Gasteiger partial charge >= 0.3 is 0 Å². The van der Waals surface area contributed by atoms with Crippen molar-refractivity contribution in [3.05, 3.63) is 34.3 Å². The van der Waals surface area contributed by atoms with Crippen LogP contribution in [-0.2, 0) is 5.88 Å². The number of thiazole rings is 1. The SMILES string of the molecule is COc1cc(C)cc(C)c1-c1nc(CCl)cs1. The summed E-state index contributed by atoms with van der Waals surface area (Å²) in [5.74, 6) is 1.32. The fraction of sp³-hybridized carbons (Fsp3) is 0.308. The summed E-state index contributed by atoms with van der Waals surface area (Å²) in [5, 5.41) is 2.95. The van der Waals surface area contributed by atoms with Crippen LogP contribution < -0.4 is 4.74 Å². The van der Waals surface area contributed by atoms with Gasteiger partial charge < -0.3 is 4.74 Å². The van der Waals surface area contributed by atoms with Gasteiger partial charge in [-0.15, -0.1) is 22.9 Å². The van der Waals surface area contributed by atoms with Crippen molar-refractivity contribution in [2.75, 3.05) is 7.11 Å². The minimum atomic E-state index is 0.448. The van der Waals surface area contributed by atoms with E-state index in [1.807, 2.05) is 11.4 Å². The number of ether oxygens (including phenoxy) is 1. The van der Waals surface area contributed by atoms with Crippen molar-refractivity contribution >= 4 is 22.9 Å². The van der Waals surface area contributed by atoms with E-state index in [2.05, 4.69) is 24.9 Å². The largest absolute Gasteiger partial charge is 0.496 e. The van der Waals surface area contributed by atoms with Crippen LogP contribution in [0.5, 0.6) is 5.75 Å². The highest BCUT2D eigenvalue weighted by Crippen LogP contribution is 2.36. The number of hydrogen-bond acceptors (Lipinski definition) is 3. The van der Waals surface area contributed by atoms with E-state index < -0.39 is 0 Å². The molecule has 0 amide bonds. The van der Waals surface area contributed by atoms with Crippen LogP contribution in [0.4, 0.5) is 0 Å². The zero-order chi connectivity index (χ0) is 12.4. The Balaban J connectivity index is 2.57. The molecule has 0 radical (unpaired) electrons. The Kier molecular flexibility index (Phi) is 3.69. The fourth-order valence-electron chi connectivity index (χ4n) is 1.85. The first-order chi connectivity index (χ1) is 8.15. The van der Waals surface area contributed by atoms with Crippen LogP contribution in [0, 0.1) is 13.8 Å². The van der Waals surface area contributed by atoms with E-state index in [9.17, 15) is 0 Å². The van der Waals surface area contributed by atoms with E-state index in [1.165, 1.54) is 11.1 Å². The monoisotopic (exact) mass is 267 g/mol. The number of aromatic nitrogens is 1. The Hall–Kier alpha value is -1.06. The van der Waals surface area contributed by atoms with E-state index in [1.54, 1.807) is 18.4 Å². The number of methoxy groups -OCH3 is 1. The zero-order valence-electron chi connectivity index (χ0n) is 10.1. The summed E-state index contributed by atoms with van der Waals surface area (Å²) in [7, 11) is 1.69. The van der Waals surface area contributed by atoms with E-state index in [0.29, 0.717) is 5.88 Å². The molecule has 1 aromatic heterocycles. The smallest absolute Gasteiger partial charge is 0.129 e. The summed E-state index contributed by atoms with van der Waals surface area (Å²) in [4.78, 5) is 4.50. The van der Waals surface area contributed by atoms with Crippen LogP contribution in [0.3, 0.4) is 0 Å². The number of halogens is 1. The van der Waals surface area contributed by atoms with Gasteiger partial charge in [0, 0.05) is 5.38 Å². The molecule has 2 rings (SSSR count). The maximum absolute atomic E-state index is 5.78. The highest BCUT2D eigenvalue weighted by molar-refractivity contribution is 7.13. The van der Waals surface area contributed by atoms with Gasteiger partial charge in [0.25, 0.3) is 0 Å². The molecule has 0 spiro atoms. The number of alkyl halides is 1. The molecule has 0 fully saturated rings. The molecular formula is C13H14ClNOS. The Bertz CT molecular complexity index is 536. The molecule has 2 nitrogen and oxygen atoms in total. The van der Waals surface area contributed by atoms with Crippen molar-refractivity contribution in [2.45, 2.75) is 19.7 Å². The first-order valence-electron chi connectivity index (χ1n) is 5.31. The number of nitrogens with zero attached hydrogens (tertiary/aromatic N) is 1. The molecule has 0 N–H and O–H groups in total. The number of rotatable bonds is 3. The number of hydrogen-bond donors (Lipinski definition) is 0. The third kappa shape index (κ3) is 2.45. The molecule has 1 aromatic carbocycles. The van der Waals surface area contributed by atoms with E-state index in [-0.39, 0.29) is 0 Å². The standard InChI is InChI=1S/C13H14ClNOS/c1-8-4-9(2)12(11(5-8)16-3)13-15-10(6-14)7-17-13/h4-5,7H,6H2,1-3H3. The highest BCUT2D eigenvalue weighted by atomic mass is 35.5. The lowest BCUT2D eigenvalue weighted by Gasteiger charge is -2.10. The van der Waals surface area contributed by atoms with Crippen LogP contribution in [-0.4, -0.2) is 12.1 Å². The highest BCUT2D eigenvalue weighted by Gasteiger charge is 2.13. The van der Waals surface area contributed by atoms with Crippen LogP contribution >= 0.6 is 22.9 Å². The molecule has 0 aliphatic rings. The lowest BCUT2D eigenvalue weighted by atomic mass is 10.0. The van der Waals surface area contributed by atoms with Crippen molar-refractivity contribution in [3.63, 3.8) is 0 Å². The van der Waals surface area contributed by atoms with Gasteiger partial charge in [-0.3, -0.25) is 0 Å². The molecule has 0 atom stereocenters. The molecule has 4 heteroatoms. The molecule has 1 heterocycles. The molecule has 0 saturated carbocycles. The van der Waals surface area contributed by atoms with Crippen molar-refractivity contribution in [2.24, 2.45) is 0 Å². The van der Waals surface area contributed by atoms with Crippen molar-refractivity contribution in [3.8, 4) is 16.3 Å². The van der Waals surface area contributed by atoms with E-state index in [0.717, 1.165) is 22.0 Å². The second-order valence-electron chi connectivity index (χ2n) is 3.94. The van der Waals surface area contributed by atoms with Gasteiger partial charge in [-0.2, -0.15) is 0 Å². The fourth-order valence-corrected chi connectivity index (χ4v) is 3.01. The van der Waals surface area contributed by atoms with Gasteiger partial charge in [0.15, 0.2) is 0 Å². The third-order valence-electron chi connectivity index (χ3n) is 2.57. The second kappa shape index (κ2) is 5.07. The van der Waals surface area contributed by atoms with Gasteiger partial charge in [0.1, 0.15) is 10.8 Å². The summed E-state index contributed by atoms with van der Waals surface area (Å²) >= 11 is 7.38. The van der Waals surface area contributed by atoms with Gasteiger partial charge in [-0.05, 0) is 31.0 Å². The van der Waals surface area contributed by atoms with Crippen LogP contribution in [0.25, 0.3) is 10.6 Å². The lowest BCUT2D eigenvalue weighted by Crippen LogP contribution is -1.92. The maximum atomic E-state index is 5.78. The van der Waals surface area contributed by atoms with Gasteiger partial charge in [0.05, 0.1) is 24.2 Å². The molecule has 0 saturated heterocycles. The van der Waals surface area contributed by atoms with Gasteiger partial charge in [0.2, 0.25) is 0 Å². The second-order valence-corrected chi connectivity index (χ2v) is 5.06. The predicted octanol–water partition coefficient (Wildman–Crippen LogP) is 4.17. The molecular weight excluding hydrogens is 254 g/mol. The number of aryl methyl sites for hydroxylation is 2. The molecule has 17 heavy (non-hydrogen) atoms. The normalized spacial score (nSPS) is 10.6. The van der Waals surface area contributed by atoms with Gasteiger partial charge in [-0.25, -0.2) is 4.98 Å². The molecule has 0 bridgehead atoms. The Labute approximate surface area is 110 Å². The first kappa shape index (κ1) is 12.4. The number of benzene rings is 1. The minimum Gasteiger partial charge on any atom is -0.496 e. The van der Waals surface area contributed by atoms with Crippen LogP contribution in [0.2, 0.25) is 0 Å². The summed E-state index contributed by atoms with van der Waals surface area (Å²) < 4.78 is 5.44. The average Bonchev–Trinajstić information content (AvgIpc) is 2.76. The van der Waals surface area contributed by atoms with Crippen LogP contribution in [0.15, 0.2) is 17.5 Å². The topological polar surface area (TPSA) is 22.1 Å².